The van der Waals surface area contributed by atoms with E-state index in [1.54, 1.807) is 18.2 Å². The minimum Gasteiger partial charge on any atom is -0.378 e. The van der Waals surface area contributed by atoms with Gasteiger partial charge in [-0.05, 0) is 37.7 Å². The number of nitrogens with zero attached hydrogens (tertiary/aromatic N) is 2. The summed E-state index contributed by atoms with van der Waals surface area (Å²) in [5, 5.41) is 2.67. The molecule has 1 saturated heterocycles. The summed E-state index contributed by atoms with van der Waals surface area (Å²) in [5.41, 5.74) is 2.54. The molecule has 144 valence electrons. The second-order valence-electron chi connectivity index (χ2n) is 6.79. The van der Waals surface area contributed by atoms with E-state index >= 15 is 0 Å². The summed E-state index contributed by atoms with van der Waals surface area (Å²) in [4.78, 5) is 16.8. The molecule has 1 N–H and O–H groups in total. The van der Waals surface area contributed by atoms with E-state index in [2.05, 4.69) is 22.3 Å². The number of nitrogens with one attached hydrogen (secondary N) is 1. The second kappa shape index (κ2) is 8.97. The Morgan fingerprint density at radius 1 is 1.19 bits per heavy atom. The molecule has 0 bridgehead atoms. The minimum atomic E-state index is -0.432. The van der Waals surface area contributed by atoms with Gasteiger partial charge in [0.2, 0.25) is 5.91 Å². The van der Waals surface area contributed by atoms with Crippen LogP contribution in [0.25, 0.3) is 0 Å². The van der Waals surface area contributed by atoms with Gasteiger partial charge in [0.05, 0.1) is 24.9 Å². The maximum atomic E-state index is 13.8. The Labute approximate surface area is 159 Å². The van der Waals surface area contributed by atoms with Gasteiger partial charge in [0.1, 0.15) is 5.82 Å². The summed E-state index contributed by atoms with van der Waals surface area (Å²) < 4.78 is 19.2. The Morgan fingerprint density at radius 2 is 1.85 bits per heavy atom. The normalized spacial score (nSPS) is 15.6. The number of ether oxygens (including phenoxy) is 1. The van der Waals surface area contributed by atoms with Gasteiger partial charge in [-0.1, -0.05) is 30.3 Å². The topological polar surface area (TPSA) is 44.8 Å². The second-order valence-corrected chi connectivity index (χ2v) is 6.79. The molecule has 1 aliphatic rings. The van der Waals surface area contributed by atoms with E-state index in [1.807, 2.05) is 31.0 Å². The zero-order valence-corrected chi connectivity index (χ0v) is 15.8. The number of carbonyl (C=O) groups is 1. The fraction of sp³-hybridized carbons (Fsp3) is 0.381. The highest BCUT2D eigenvalue weighted by Crippen LogP contribution is 2.23. The van der Waals surface area contributed by atoms with Crippen molar-refractivity contribution in [1.82, 2.24) is 4.90 Å². The summed E-state index contributed by atoms with van der Waals surface area (Å²) in [6.45, 7) is 5.64. The molecule has 0 aromatic heterocycles. The van der Waals surface area contributed by atoms with Crippen LogP contribution in [0.15, 0.2) is 48.5 Å². The van der Waals surface area contributed by atoms with Crippen LogP contribution in [-0.2, 0) is 16.1 Å². The molecule has 0 saturated carbocycles. The summed E-state index contributed by atoms with van der Waals surface area (Å²) >= 11 is 0. The number of anilines is 2. The smallest absolute Gasteiger partial charge is 0.241 e. The van der Waals surface area contributed by atoms with Crippen LogP contribution < -0.4 is 10.2 Å². The Balaban J connectivity index is 1.67. The third-order valence-corrected chi connectivity index (χ3v) is 4.94. The first-order chi connectivity index (χ1) is 13.1. The van der Waals surface area contributed by atoms with E-state index in [-0.39, 0.29) is 11.6 Å². The number of para-hydroxylation sites is 2. The van der Waals surface area contributed by atoms with Crippen LogP contribution in [0.5, 0.6) is 0 Å². The fourth-order valence-electron chi connectivity index (χ4n) is 3.16. The number of benzene rings is 2. The zero-order valence-electron chi connectivity index (χ0n) is 15.8. The van der Waals surface area contributed by atoms with Crippen LogP contribution in [0.3, 0.4) is 0 Å². The summed E-state index contributed by atoms with van der Waals surface area (Å²) in [7, 11) is 1.90. The predicted octanol–water partition coefficient (Wildman–Crippen LogP) is 3.12. The lowest BCUT2D eigenvalue weighted by Gasteiger charge is -2.32. The number of likely N-dealkylation sites (N-methyl/N-ethyl adjacent to an activating group) is 1. The Bertz CT molecular complexity index is 778. The molecule has 0 aliphatic carbocycles. The first kappa shape index (κ1) is 19.3. The SMILES string of the molecule is C[C@@H](C(=O)Nc1ccccc1F)N(C)Cc1ccccc1N1CCOCC1. The van der Waals surface area contributed by atoms with Gasteiger partial charge in [-0.2, -0.15) is 0 Å². The van der Waals surface area contributed by atoms with E-state index in [9.17, 15) is 9.18 Å². The average Bonchev–Trinajstić information content (AvgIpc) is 2.70. The van der Waals surface area contributed by atoms with Crippen molar-refractivity contribution in [2.45, 2.75) is 19.5 Å². The first-order valence-electron chi connectivity index (χ1n) is 9.22. The number of hydrogen-bond acceptors (Lipinski definition) is 4. The molecule has 1 aliphatic heterocycles. The molecule has 6 heteroatoms. The maximum Gasteiger partial charge on any atom is 0.241 e. The molecule has 0 unspecified atom stereocenters. The molecule has 2 aromatic rings. The number of amides is 1. The van der Waals surface area contributed by atoms with Gasteiger partial charge in [0.25, 0.3) is 0 Å². The standard InChI is InChI=1S/C21H26FN3O2/c1-16(21(26)23-19-9-5-4-8-18(19)22)24(2)15-17-7-3-6-10-20(17)25-11-13-27-14-12-25/h3-10,16H,11-15H2,1-2H3,(H,23,26)/t16-/m0/s1. The Kier molecular flexibility index (Phi) is 6.42. The van der Waals surface area contributed by atoms with Crippen molar-refractivity contribution in [3.63, 3.8) is 0 Å². The van der Waals surface area contributed by atoms with Gasteiger partial charge in [-0.3, -0.25) is 9.69 Å². The molecule has 1 amide bonds. The van der Waals surface area contributed by atoms with Crippen molar-refractivity contribution in [2.75, 3.05) is 43.6 Å². The molecule has 1 heterocycles. The molecule has 0 spiro atoms. The highest BCUT2D eigenvalue weighted by molar-refractivity contribution is 5.94. The lowest BCUT2D eigenvalue weighted by Crippen LogP contribution is -2.40. The maximum absolute atomic E-state index is 13.8. The van der Waals surface area contributed by atoms with E-state index in [0.717, 1.165) is 31.9 Å². The van der Waals surface area contributed by atoms with Gasteiger partial charge >= 0.3 is 0 Å². The molecule has 0 radical (unpaired) electrons. The molecule has 1 atom stereocenters. The summed E-state index contributed by atoms with van der Waals surface area (Å²) in [6.07, 6.45) is 0. The molecular weight excluding hydrogens is 345 g/mol. The van der Waals surface area contributed by atoms with Crippen LogP contribution in [0.1, 0.15) is 12.5 Å². The molecule has 1 fully saturated rings. The van der Waals surface area contributed by atoms with Crippen LogP contribution in [0.4, 0.5) is 15.8 Å². The lowest BCUT2D eigenvalue weighted by molar-refractivity contribution is -0.120. The van der Waals surface area contributed by atoms with Crippen LogP contribution in [-0.4, -0.2) is 50.2 Å². The predicted molar refractivity (Wildman–Crippen MR) is 105 cm³/mol. The number of rotatable bonds is 6. The third kappa shape index (κ3) is 4.84. The fourth-order valence-corrected chi connectivity index (χ4v) is 3.16. The quantitative estimate of drug-likeness (QED) is 0.847. The summed E-state index contributed by atoms with van der Waals surface area (Å²) in [5.74, 6) is -0.662. The van der Waals surface area contributed by atoms with Crippen LogP contribution in [0.2, 0.25) is 0 Å². The van der Waals surface area contributed by atoms with Crippen molar-refractivity contribution in [3.05, 3.63) is 59.9 Å². The van der Waals surface area contributed by atoms with Crippen molar-refractivity contribution >= 4 is 17.3 Å². The van der Waals surface area contributed by atoms with Crippen LogP contribution >= 0.6 is 0 Å². The van der Waals surface area contributed by atoms with Crippen molar-refractivity contribution in [2.24, 2.45) is 0 Å². The monoisotopic (exact) mass is 371 g/mol. The van der Waals surface area contributed by atoms with Crippen molar-refractivity contribution in [3.8, 4) is 0 Å². The van der Waals surface area contributed by atoms with Gasteiger partial charge in [0.15, 0.2) is 0 Å². The van der Waals surface area contributed by atoms with E-state index in [1.165, 1.54) is 11.8 Å². The number of halogens is 1. The lowest BCUT2D eigenvalue weighted by atomic mass is 10.1. The third-order valence-electron chi connectivity index (χ3n) is 4.94. The molecule has 3 rings (SSSR count). The van der Waals surface area contributed by atoms with E-state index < -0.39 is 11.9 Å². The first-order valence-corrected chi connectivity index (χ1v) is 9.22. The Morgan fingerprint density at radius 3 is 2.59 bits per heavy atom. The number of carbonyl (C=O) groups excluding carboxylic acids is 1. The van der Waals surface area contributed by atoms with Gasteiger partial charge in [-0.15, -0.1) is 0 Å². The van der Waals surface area contributed by atoms with Gasteiger partial charge in [0, 0.05) is 25.3 Å². The average molecular weight is 371 g/mol. The van der Waals surface area contributed by atoms with Crippen molar-refractivity contribution in [1.29, 1.82) is 0 Å². The molecule has 2 aromatic carbocycles. The molecule has 27 heavy (non-hydrogen) atoms. The number of hydrogen-bond donors (Lipinski definition) is 1. The highest BCUT2D eigenvalue weighted by Gasteiger charge is 2.21. The van der Waals surface area contributed by atoms with E-state index in [0.29, 0.717) is 6.54 Å². The minimum absolute atomic E-state index is 0.205. The van der Waals surface area contributed by atoms with E-state index in [4.69, 9.17) is 4.74 Å². The van der Waals surface area contributed by atoms with Gasteiger partial charge in [-0.25, -0.2) is 4.39 Å². The summed E-state index contributed by atoms with van der Waals surface area (Å²) in [6, 6.07) is 14.0. The molecular formula is C21H26FN3O2. The number of morpholine rings is 1. The molecule has 5 nitrogen and oxygen atoms in total. The van der Waals surface area contributed by atoms with Gasteiger partial charge < -0.3 is 15.0 Å². The zero-order chi connectivity index (χ0) is 19.2. The largest absolute Gasteiger partial charge is 0.378 e. The van der Waals surface area contributed by atoms with Crippen LogP contribution in [0, 0.1) is 5.82 Å². The van der Waals surface area contributed by atoms with Crippen molar-refractivity contribution < 1.29 is 13.9 Å². The Hall–Kier alpha value is -2.44. The highest BCUT2D eigenvalue weighted by atomic mass is 19.1.